The molecule has 0 aliphatic carbocycles. The first-order chi connectivity index (χ1) is 9.28. The molecule has 0 saturated carbocycles. The predicted octanol–water partition coefficient (Wildman–Crippen LogP) is 1.15. The third-order valence-electron chi connectivity index (χ3n) is 3.33. The zero-order chi connectivity index (χ0) is 13.2. The average Bonchev–Trinajstić information content (AvgIpc) is 3.01. The maximum atomic E-state index is 12.0. The van der Waals surface area contributed by atoms with Crippen molar-refractivity contribution in [2.75, 3.05) is 13.2 Å². The van der Waals surface area contributed by atoms with Crippen molar-refractivity contribution >= 4 is 11.9 Å². The fourth-order valence-corrected chi connectivity index (χ4v) is 2.36. The summed E-state index contributed by atoms with van der Waals surface area (Å²) in [6.45, 7) is 3.50. The van der Waals surface area contributed by atoms with Crippen molar-refractivity contribution in [2.45, 2.75) is 25.8 Å². The third kappa shape index (κ3) is 2.28. The Balaban J connectivity index is 1.81. The molecule has 5 heteroatoms. The lowest BCUT2D eigenvalue weighted by Gasteiger charge is -2.09. The molecule has 2 aliphatic heterocycles. The van der Waals surface area contributed by atoms with E-state index in [2.05, 4.69) is 22.5 Å². The minimum atomic E-state index is -0.346. The first-order valence-electron chi connectivity index (χ1n) is 6.65. The molecule has 3 rings (SSSR count). The number of fused-ring (bicyclic) bond motifs is 1. The second-order valence-corrected chi connectivity index (χ2v) is 4.76. The van der Waals surface area contributed by atoms with Gasteiger partial charge in [0.15, 0.2) is 5.96 Å². The molecule has 2 N–H and O–H groups in total. The summed E-state index contributed by atoms with van der Waals surface area (Å²) in [6.07, 6.45) is 1.87. The molecule has 2 aliphatic rings. The van der Waals surface area contributed by atoms with E-state index < -0.39 is 0 Å². The lowest BCUT2D eigenvalue weighted by molar-refractivity contribution is -0.120. The van der Waals surface area contributed by atoms with Crippen molar-refractivity contribution in [3.63, 3.8) is 0 Å². The number of benzene rings is 1. The number of nitrogens with zero attached hydrogens (tertiary/aromatic N) is 1. The van der Waals surface area contributed by atoms with Gasteiger partial charge in [-0.25, -0.2) is 0 Å². The van der Waals surface area contributed by atoms with Crippen LogP contribution < -0.4 is 15.4 Å². The molecule has 0 spiro atoms. The Bertz CT molecular complexity index is 539. The van der Waals surface area contributed by atoms with E-state index in [1.165, 1.54) is 5.56 Å². The summed E-state index contributed by atoms with van der Waals surface area (Å²) in [6, 6.07) is 5.57. The van der Waals surface area contributed by atoms with Gasteiger partial charge in [0.05, 0.1) is 6.61 Å². The Kier molecular flexibility index (Phi) is 3.11. The predicted molar refractivity (Wildman–Crippen MR) is 72.3 cm³/mol. The van der Waals surface area contributed by atoms with Crippen LogP contribution in [0.1, 0.15) is 30.5 Å². The molecule has 1 atom stereocenters. The maximum Gasteiger partial charge on any atom is 0.253 e. The second-order valence-electron chi connectivity index (χ2n) is 4.76. The molecule has 1 unspecified atom stereocenters. The number of ether oxygens (including phenoxy) is 1. The van der Waals surface area contributed by atoms with Gasteiger partial charge in [0, 0.05) is 13.0 Å². The molecule has 1 saturated heterocycles. The molecule has 0 bridgehead atoms. The standard InChI is InChI=1S/C14H17N3O2/c1-2-6-15-14-16-12(13(18)17-14)10-3-4-11-9(8-10)5-7-19-11/h3-4,8,12H,2,5-7H2,1H3,(H2,15,16,17,18). The molecule has 0 aromatic heterocycles. The highest BCUT2D eigenvalue weighted by Gasteiger charge is 2.30. The Labute approximate surface area is 112 Å². The minimum absolute atomic E-state index is 0.0475. The zero-order valence-corrected chi connectivity index (χ0v) is 10.9. The SMILES string of the molecule is CCCN=C1NC(=O)C(c2ccc3c(c2)CCO3)N1. The van der Waals surface area contributed by atoms with Crippen molar-refractivity contribution in [3.05, 3.63) is 29.3 Å². The van der Waals surface area contributed by atoms with Crippen molar-refractivity contribution in [1.29, 1.82) is 0 Å². The van der Waals surface area contributed by atoms with Crippen LogP contribution in [0.15, 0.2) is 23.2 Å². The van der Waals surface area contributed by atoms with Gasteiger partial charge in [0.25, 0.3) is 5.91 Å². The monoisotopic (exact) mass is 259 g/mol. The van der Waals surface area contributed by atoms with Crippen LogP contribution in [0.25, 0.3) is 0 Å². The average molecular weight is 259 g/mol. The van der Waals surface area contributed by atoms with Gasteiger partial charge in [0.1, 0.15) is 11.8 Å². The number of hydrogen-bond acceptors (Lipinski definition) is 3. The van der Waals surface area contributed by atoms with Crippen molar-refractivity contribution in [3.8, 4) is 5.75 Å². The summed E-state index contributed by atoms with van der Waals surface area (Å²) in [5.41, 5.74) is 2.13. The molecular weight excluding hydrogens is 242 g/mol. The van der Waals surface area contributed by atoms with Gasteiger partial charge in [-0.3, -0.25) is 15.1 Å². The van der Waals surface area contributed by atoms with Crippen LogP contribution in [0.2, 0.25) is 0 Å². The number of amides is 1. The van der Waals surface area contributed by atoms with Gasteiger partial charge in [-0.2, -0.15) is 0 Å². The Morgan fingerprint density at radius 1 is 1.47 bits per heavy atom. The lowest BCUT2D eigenvalue weighted by atomic mass is 10.0. The summed E-state index contributed by atoms with van der Waals surface area (Å²) in [5.74, 6) is 1.46. The van der Waals surface area contributed by atoms with Crippen LogP contribution in [0, 0.1) is 0 Å². The van der Waals surface area contributed by atoms with E-state index in [1.807, 2.05) is 18.2 Å². The number of rotatable bonds is 3. The molecule has 1 aromatic carbocycles. The van der Waals surface area contributed by atoms with E-state index in [1.54, 1.807) is 0 Å². The highest BCUT2D eigenvalue weighted by Crippen LogP contribution is 2.28. The van der Waals surface area contributed by atoms with Crippen LogP contribution in [-0.4, -0.2) is 25.0 Å². The normalized spacial score (nSPS) is 22.9. The van der Waals surface area contributed by atoms with E-state index in [0.29, 0.717) is 12.5 Å². The zero-order valence-electron chi connectivity index (χ0n) is 10.9. The lowest BCUT2D eigenvalue weighted by Crippen LogP contribution is -2.25. The van der Waals surface area contributed by atoms with Crippen LogP contribution in [-0.2, 0) is 11.2 Å². The van der Waals surface area contributed by atoms with Gasteiger partial charge in [-0.15, -0.1) is 0 Å². The molecule has 1 aromatic rings. The van der Waals surface area contributed by atoms with Crippen molar-refractivity contribution in [1.82, 2.24) is 10.6 Å². The van der Waals surface area contributed by atoms with Gasteiger partial charge < -0.3 is 10.1 Å². The van der Waals surface area contributed by atoms with Crippen LogP contribution >= 0.6 is 0 Å². The summed E-state index contributed by atoms with van der Waals surface area (Å²) in [5, 5.41) is 5.91. The smallest absolute Gasteiger partial charge is 0.253 e. The third-order valence-corrected chi connectivity index (χ3v) is 3.33. The van der Waals surface area contributed by atoms with E-state index in [4.69, 9.17) is 4.74 Å². The highest BCUT2D eigenvalue weighted by atomic mass is 16.5. The molecule has 2 heterocycles. The maximum absolute atomic E-state index is 12.0. The van der Waals surface area contributed by atoms with Gasteiger partial charge >= 0.3 is 0 Å². The summed E-state index contributed by atoms with van der Waals surface area (Å²) in [4.78, 5) is 16.3. The van der Waals surface area contributed by atoms with Gasteiger partial charge in [-0.05, 0) is 29.7 Å². The first-order valence-corrected chi connectivity index (χ1v) is 6.65. The fraction of sp³-hybridized carbons (Fsp3) is 0.429. The Morgan fingerprint density at radius 3 is 3.21 bits per heavy atom. The minimum Gasteiger partial charge on any atom is -0.493 e. The van der Waals surface area contributed by atoms with E-state index >= 15 is 0 Å². The number of aliphatic imine (C=N–C) groups is 1. The van der Waals surface area contributed by atoms with E-state index in [0.717, 1.165) is 30.8 Å². The molecule has 5 nitrogen and oxygen atoms in total. The number of carbonyl (C=O) groups excluding carboxylic acids is 1. The quantitative estimate of drug-likeness (QED) is 0.856. The summed E-state index contributed by atoms with van der Waals surface area (Å²) < 4.78 is 5.47. The van der Waals surface area contributed by atoms with E-state index in [-0.39, 0.29) is 11.9 Å². The summed E-state index contributed by atoms with van der Waals surface area (Å²) >= 11 is 0. The molecule has 100 valence electrons. The van der Waals surface area contributed by atoms with Crippen LogP contribution in [0.4, 0.5) is 0 Å². The number of hydrogen-bond donors (Lipinski definition) is 2. The van der Waals surface area contributed by atoms with Gasteiger partial charge in [-0.1, -0.05) is 13.0 Å². The van der Waals surface area contributed by atoms with Gasteiger partial charge in [0.2, 0.25) is 0 Å². The summed E-state index contributed by atoms with van der Waals surface area (Å²) in [7, 11) is 0. The first kappa shape index (κ1) is 12.0. The number of guanidine groups is 1. The molecule has 19 heavy (non-hydrogen) atoms. The number of carbonyl (C=O) groups is 1. The fourth-order valence-electron chi connectivity index (χ4n) is 2.36. The topological polar surface area (TPSA) is 62.7 Å². The molecule has 1 amide bonds. The highest BCUT2D eigenvalue weighted by molar-refractivity contribution is 6.06. The Morgan fingerprint density at radius 2 is 2.37 bits per heavy atom. The van der Waals surface area contributed by atoms with Crippen LogP contribution in [0.5, 0.6) is 5.75 Å². The van der Waals surface area contributed by atoms with Crippen LogP contribution in [0.3, 0.4) is 0 Å². The number of nitrogens with one attached hydrogen (secondary N) is 2. The molecule has 1 fully saturated rings. The molecule has 0 radical (unpaired) electrons. The molecular formula is C14H17N3O2. The largest absolute Gasteiger partial charge is 0.493 e. The van der Waals surface area contributed by atoms with E-state index in [9.17, 15) is 4.79 Å². The van der Waals surface area contributed by atoms with Crippen molar-refractivity contribution < 1.29 is 9.53 Å². The Hall–Kier alpha value is -2.04. The second kappa shape index (κ2) is 4.91. The van der Waals surface area contributed by atoms with Crippen molar-refractivity contribution in [2.24, 2.45) is 4.99 Å².